The fourth-order valence-corrected chi connectivity index (χ4v) is 3.57. The number of fused-ring (bicyclic) bond motifs is 1. The predicted octanol–water partition coefficient (Wildman–Crippen LogP) is 3.96. The van der Waals surface area contributed by atoms with E-state index in [1.807, 2.05) is 31.2 Å². The van der Waals surface area contributed by atoms with Gasteiger partial charge in [-0.25, -0.2) is 4.79 Å². The topological polar surface area (TPSA) is 80.3 Å². The molecule has 0 unspecified atom stereocenters. The predicted molar refractivity (Wildman–Crippen MR) is 118 cm³/mol. The Morgan fingerprint density at radius 3 is 2.32 bits per heavy atom. The summed E-state index contributed by atoms with van der Waals surface area (Å²) in [4.78, 5) is 30.1. The van der Waals surface area contributed by atoms with Crippen LogP contribution in [0.3, 0.4) is 0 Å². The second kappa shape index (κ2) is 8.73. The zero-order chi connectivity index (χ0) is 24.6. The van der Waals surface area contributed by atoms with Crippen LogP contribution < -0.4 is 20.7 Å². The number of halogens is 3. The largest absolute Gasteiger partial charge is 0.573 e. The number of hydrogen-bond donors (Lipinski definition) is 0. The van der Waals surface area contributed by atoms with Crippen molar-refractivity contribution in [3.05, 3.63) is 80.5 Å². The van der Waals surface area contributed by atoms with E-state index < -0.39 is 23.4 Å². The minimum Gasteiger partial charge on any atom is -0.425 e. The van der Waals surface area contributed by atoms with Crippen molar-refractivity contribution in [3.8, 4) is 17.5 Å². The molecule has 0 atom stereocenters. The van der Waals surface area contributed by atoms with Gasteiger partial charge < -0.3 is 9.47 Å². The van der Waals surface area contributed by atoms with Crippen LogP contribution in [-0.2, 0) is 20.1 Å². The lowest BCUT2D eigenvalue weighted by atomic mass is 10.1. The molecule has 0 N–H and O–H groups in total. The van der Waals surface area contributed by atoms with Crippen LogP contribution in [0.5, 0.6) is 17.5 Å². The maximum absolute atomic E-state index is 13.2. The van der Waals surface area contributed by atoms with E-state index in [-0.39, 0.29) is 36.0 Å². The van der Waals surface area contributed by atoms with Crippen molar-refractivity contribution >= 4 is 11.2 Å². The number of alkyl halides is 3. The Morgan fingerprint density at radius 2 is 1.68 bits per heavy atom. The highest BCUT2D eigenvalue weighted by molar-refractivity contribution is 5.72. The summed E-state index contributed by atoms with van der Waals surface area (Å²) in [5.74, 6) is -0.449. The van der Waals surface area contributed by atoms with Crippen molar-refractivity contribution in [3.63, 3.8) is 0 Å². The molecule has 0 aliphatic rings. The number of aryl methyl sites for hydroxylation is 2. The lowest BCUT2D eigenvalue weighted by Crippen LogP contribution is -2.39. The van der Waals surface area contributed by atoms with Gasteiger partial charge in [0.15, 0.2) is 11.2 Å². The van der Waals surface area contributed by atoms with Crippen molar-refractivity contribution in [2.75, 3.05) is 0 Å². The average Bonchev–Trinajstić information content (AvgIpc) is 3.11. The molecule has 0 spiro atoms. The highest BCUT2D eigenvalue weighted by atomic mass is 19.4. The molecule has 4 rings (SSSR count). The number of benzene rings is 2. The fourth-order valence-electron chi connectivity index (χ4n) is 3.57. The Bertz CT molecular complexity index is 1470. The second-order valence-corrected chi connectivity index (χ2v) is 7.65. The van der Waals surface area contributed by atoms with E-state index in [0.717, 1.165) is 27.8 Å². The van der Waals surface area contributed by atoms with E-state index in [9.17, 15) is 22.8 Å². The summed E-state index contributed by atoms with van der Waals surface area (Å²) in [6.07, 6.45) is -4.86. The Morgan fingerprint density at radius 1 is 1.00 bits per heavy atom. The standard InChI is InChI=1S/C23H21F3N4O4/c1-4-29-20(31)18-19(28(3)22(29)32)27-21(30(18)13-15-10-8-14(2)9-11-15)33-16-6-5-7-17(12-16)34-23(24,25)26/h5-12H,4,13H2,1-3H3. The van der Waals surface area contributed by atoms with Crippen molar-refractivity contribution in [2.45, 2.75) is 33.3 Å². The van der Waals surface area contributed by atoms with Gasteiger partial charge >= 0.3 is 18.1 Å². The molecule has 4 aromatic rings. The minimum atomic E-state index is -4.86. The molecule has 178 valence electrons. The Labute approximate surface area is 191 Å². The monoisotopic (exact) mass is 474 g/mol. The fraction of sp³-hybridized carbons (Fsp3) is 0.261. The van der Waals surface area contributed by atoms with Crippen LogP contribution in [-0.4, -0.2) is 25.0 Å². The normalized spacial score (nSPS) is 11.7. The highest BCUT2D eigenvalue weighted by Crippen LogP contribution is 2.30. The molecule has 0 aliphatic carbocycles. The molecular formula is C23H21F3N4O4. The summed E-state index contributed by atoms with van der Waals surface area (Å²) in [6.45, 7) is 3.96. The average molecular weight is 474 g/mol. The van der Waals surface area contributed by atoms with Crippen LogP contribution in [0, 0.1) is 6.92 Å². The lowest BCUT2D eigenvalue weighted by Gasteiger charge is -2.12. The first-order chi connectivity index (χ1) is 16.1. The summed E-state index contributed by atoms with van der Waals surface area (Å²) in [6, 6.07) is 12.5. The second-order valence-electron chi connectivity index (χ2n) is 7.65. The third-order valence-electron chi connectivity index (χ3n) is 5.22. The lowest BCUT2D eigenvalue weighted by molar-refractivity contribution is -0.274. The van der Waals surface area contributed by atoms with Gasteiger partial charge in [-0.1, -0.05) is 35.9 Å². The van der Waals surface area contributed by atoms with Gasteiger partial charge in [-0.05, 0) is 31.5 Å². The van der Waals surface area contributed by atoms with E-state index in [4.69, 9.17) is 4.74 Å². The molecule has 0 saturated heterocycles. The molecule has 0 fully saturated rings. The molecule has 34 heavy (non-hydrogen) atoms. The zero-order valence-electron chi connectivity index (χ0n) is 18.6. The molecule has 2 aromatic heterocycles. The van der Waals surface area contributed by atoms with Crippen molar-refractivity contribution < 1.29 is 22.6 Å². The number of nitrogens with zero attached hydrogens (tertiary/aromatic N) is 4. The van der Waals surface area contributed by atoms with E-state index in [1.165, 1.54) is 28.3 Å². The van der Waals surface area contributed by atoms with Crippen LogP contribution in [0.15, 0.2) is 58.1 Å². The van der Waals surface area contributed by atoms with E-state index in [0.29, 0.717) is 0 Å². The first kappa shape index (κ1) is 23.1. The van der Waals surface area contributed by atoms with Gasteiger partial charge in [-0.15, -0.1) is 13.2 Å². The first-order valence-electron chi connectivity index (χ1n) is 10.4. The third kappa shape index (κ3) is 4.54. The van der Waals surface area contributed by atoms with Gasteiger partial charge in [-0.3, -0.25) is 18.5 Å². The quantitative estimate of drug-likeness (QED) is 0.423. The summed E-state index contributed by atoms with van der Waals surface area (Å²) in [7, 11) is 1.49. The Balaban J connectivity index is 1.87. The van der Waals surface area contributed by atoms with Gasteiger partial charge in [-0.2, -0.15) is 4.98 Å². The maximum atomic E-state index is 13.2. The SMILES string of the molecule is CCn1c(=O)c2c(nc(Oc3cccc(OC(F)(F)F)c3)n2Cc2ccc(C)cc2)n(C)c1=O. The van der Waals surface area contributed by atoms with Crippen molar-refractivity contribution in [2.24, 2.45) is 7.05 Å². The van der Waals surface area contributed by atoms with Gasteiger partial charge in [0.1, 0.15) is 11.5 Å². The zero-order valence-corrected chi connectivity index (χ0v) is 18.6. The van der Waals surface area contributed by atoms with Crippen LogP contribution in [0.1, 0.15) is 18.1 Å². The number of ether oxygens (including phenoxy) is 2. The van der Waals surface area contributed by atoms with Crippen LogP contribution in [0.4, 0.5) is 13.2 Å². The summed E-state index contributed by atoms with van der Waals surface area (Å²) in [5.41, 5.74) is 1.05. The summed E-state index contributed by atoms with van der Waals surface area (Å²) < 4.78 is 51.5. The number of rotatable bonds is 6. The van der Waals surface area contributed by atoms with E-state index in [2.05, 4.69) is 9.72 Å². The molecule has 2 heterocycles. The molecular weight excluding hydrogens is 453 g/mol. The van der Waals surface area contributed by atoms with E-state index >= 15 is 0 Å². The Hall–Kier alpha value is -4.02. The Kier molecular flexibility index (Phi) is 5.94. The number of imidazole rings is 1. The van der Waals surface area contributed by atoms with Gasteiger partial charge in [0.25, 0.3) is 5.56 Å². The highest BCUT2D eigenvalue weighted by Gasteiger charge is 2.31. The molecule has 2 aromatic carbocycles. The van der Waals surface area contributed by atoms with Gasteiger partial charge in [0.2, 0.25) is 0 Å². The molecule has 0 aliphatic heterocycles. The smallest absolute Gasteiger partial charge is 0.425 e. The van der Waals surface area contributed by atoms with Crippen molar-refractivity contribution in [1.82, 2.24) is 18.7 Å². The number of aromatic nitrogens is 4. The molecule has 0 radical (unpaired) electrons. The number of hydrogen-bond acceptors (Lipinski definition) is 5. The van der Waals surface area contributed by atoms with Crippen LogP contribution in [0.25, 0.3) is 11.2 Å². The maximum Gasteiger partial charge on any atom is 0.573 e. The summed E-state index contributed by atoms with van der Waals surface area (Å²) >= 11 is 0. The van der Waals surface area contributed by atoms with Gasteiger partial charge in [0.05, 0.1) is 6.54 Å². The van der Waals surface area contributed by atoms with E-state index in [1.54, 1.807) is 6.92 Å². The molecule has 0 bridgehead atoms. The van der Waals surface area contributed by atoms with Crippen molar-refractivity contribution in [1.29, 1.82) is 0 Å². The minimum absolute atomic E-state index is 0.0167. The van der Waals surface area contributed by atoms with Gasteiger partial charge in [0, 0.05) is 19.7 Å². The van der Waals surface area contributed by atoms with Crippen LogP contribution >= 0.6 is 0 Å². The third-order valence-corrected chi connectivity index (χ3v) is 5.22. The molecule has 0 saturated carbocycles. The first-order valence-corrected chi connectivity index (χ1v) is 10.4. The molecule has 8 nitrogen and oxygen atoms in total. The van der Waals surface area contributed by atoms with Crippen LogP contribution in [0.2, 0.25) is 0 Å². The molecule has 0 amide bonds. The molecule has 11 heteroatoms. The summed E-state index contributed by atoms with van der Waals surface area (Å²) in [5, 5.41) is 0.